The summed E-state index contributed by atoms with van der Waals surface area (Å²) >= 11 is 0. The van der Waals surface area contributed by atoms with E-state index in [9.17, 15) is 0 Å². The Morgan fingerprint density at radius 3 is 2.72 bits per heavy atom. The van der Waals surface area contributed by atoms with Crippen LogP contribution in [0.25, 0.3) is 0 Å². The van der Waals surface area contributed by atoms with Crippen molar-refractivity contribution in [3.63, 3.8) is 0 Å². The SMILES string of the molecule is CCc1ccc(C(C)NC2CC3CC=CC32)cc1. The summed E-state index contributed by atoms with van der Waals surface area (Å²) in [7, 11) is 0. The Hall–Kier alpha value is -1.08. The molecular formula is C17H23N. The van der Waals surface area contributed by atoms with Crippen molar-refractivity contribution < 1.29 is 0 Å². The Morgan fingerprint density at radius 1 is 1.28 bits per heavy atom. The van der Waals surface area contributed by atoms with E-state index in [4.69, 9.17) is 0 Å². The van der Waals surface area contributed by atoms with E-state index in [1.54, 1.807) is 0 Å². The monoisotopic (exact) mass is 241 g/mol. The minimum absolute atomic E-state index is 0.468. The van der Waals surface area contributed by atoms with E-state index in [2.05, 4.69) is 55.6 Å². The van der Waals surface area contributed by atoms with Crippen molar-refractivity contribution in [3.8, 4) is 0 Å². The van der Waals surface area contributed by atoms with Crippen LogP contribution in [0, 0.1) is 11.8 Å². The van der Waals surface area contributed by atoms with Gasteiger partial charge in [-0.1, -0.05) is 43.3 Å². The lowest BCUT2D eigenvalue weighted by molar-refractivity contribution is 0.152. The number of hydrogen-bond donors (Lipinski definition) is 1. The highest BCUT2D eigenvalue weighted by atomic mass is 15.0. The van der Waals surface area contributed by atoms with Crippen molar-refractivity contribution in [2.75, 3.05) is 0 Å². The first kappa shape index (κ1) is 12.0. The standard InChI is InChI=1S/C17H23N/c1-3-13-7-9-14(10-8-13)12(2)18-17-11-15-5-4-6-16(15)17/h4,6-10,12,15-18H,3,5,11H2,1-2H3. The molecule has 0 aliphatic heterocycles. The van der Waals surface area contributed by atoms with Gasteiger partial charge in [-0.2, -0.15) is 0 Å². The average molecular weight is 241 g/mol. The highest BCUT2D eigenvalue weighted by molar-refractivity contribution is 5.25. The first-order valence-electron chi connectivity index (χ1n) is 7.29. The van der Waals surface area contributed by atoms with Crippen LogP contribution in [-0.2, 0) is 6.42 Å². The lowest BCUT2D eigenvalue weighted by Crippen LogP contribution is -2.48. The second-order valence-corrected chi connectivity index (χ2v) is 5.83. The Morgan fingerprint density at radius 2 is 2.06 bits per heavy atom. The lowest BCUT2D eigenvalue weighted by Gasteiger charge is -2.42. The lowest BCUT2D eigenvalue weighted by atomic mass is 9.71. The smallest absolute Gasteiger partial charge is 0.0294 e. The third-order valence-electron chi connectivity index (χ3n) is 4.71. The molecular weight excluding hydrogens is 218 g/mol. The molecule has 4 atom stereocenters. The molecule has 1 nitrogen and oxygen atoms in total. The number of rotatable bonds is 4. The van der Waals surface area contributed by atoms with Crippen LogP contribution in [0.15, 0.2) is 36.4 Å². The summed E-state index contributed by atoms with van der Waals surface area (Å²) in [6.07, 6.45) is 8.56. The molecule has 0 aromatic heterocycles. The molecule has 1 N–H and O–H groups in total. The largest absolute Gasteiger partial charge is 0.307 e. The van der Waals surface area contributed by atoms with Crippen molar-refractivity contribution in [1.29, 1.82) is 0 Å². The average Bonchev–Trinajstić information content (AvgIpc) is 2.77. The molecule has 2 aliphatic rings. The number of allylic oxidation sites excluding steroid dienone is 1. The summed E-state index contributed by atoms with van der Waals surface area (Å²) in [5.74, 6) is 1.75. The fourth-order valence-electron chi connectivity index (χ4n) is 3.37. The van der Waals surface area contributed by atoms with E-state index in [1.807, 2.05) is 0 Å². The molecule has 0 saturated heterocycles. The highest BCUT2D eigenvalue weighted by Crippen LogP contribution is 2.43. The van der Waals surface area contributed by atoms with Crippen LogP contribution >= 0.6 is 0 Å². The van der Waals surface area contributed by atoms with Gasteiger partial charge in [-0.15, -0.1) is 0 Å². The Labute approximate surface area is 110 Å². The molecule has 1 heteroatoms. The zero-order valence-electron chi connectivity index (χ0n) is 11.4. The van der Waals surface area contributed by atoms with E-state index < -0.39 is 0 Å². The second kappa shape index (κ2) is 4.89. The first-order valence-corrected chi connectivity index (χ1v) is 7.29. The topological polar surface area (TPSA) is 12.0 Å². The van der Waals surface area contributed by atoms with Gasteiger partial charge in [0, 0.05) is 12.1 Å². The van der Waals surface area contributed by atoms with Gasteiger partial charge in [-0.05, 0) is 49.1 Å². The minimum atomic E-state index is 0.468. The molecule has 1 saturated carbocycles. The van der Waals surface area contributed by atoms with Gasteiger partial charge in [0.2, 0.25) is 0 Å². The van der Waals surface area contributed by atoms with Gasteiger partial charge < -0.3 is 5.32 Å². The fraction of sp³-hybridized carbons (Fsp3) is 0.529. The van der Waals surface area contributed by atoms with Crippen molar-refractivity contribution >= 4 is 0 Å². The van der Waals surface area contributed by atoms with Crippen LogP contribution in [0.5, 0.6) is 0 Å². The van der Waals surface area contributed by atoms with E-state index in [1.165, 1.54) is 24.0 Å². The summed E-state index contributed by atoms with van der Waals surface area (Å²) in [6.45, 7) is 4.49. The summed E-state index contributed by atoms with van der Waals surface area (Å²) in [6, 6.07) is 10.2. The van der Waals surface area contributed by atoms with Crippen LogP contribution in [0.4, 0.5) is 0 Å². The molecule has 0 bridgehead atoms. The molecule has 1 aromatic rings. The Bertz CT molecular complexity index is 431. The molecule has 0 amide bonds. The van der Waals surface area contributed by atoms with Gasteiger partial charge in [0.15, 0.2) is 0 Å². The molecule has 2 aliphatic carbocycles. The van der Waals surface area contributed by atoms with E-state index in [-0.39, 0.29) is 0 Å². The predicted octanol–water partition coefficient (Wildman–Crippen LogP) is 3.86. The third kappa shape index (κ3) is 2.12. The molecule has 96 valence electrons. The van der Waals surface area contributed by atoms with Crippen LogP contribution in [0.2, 0.25) is 0 Å². The van der Waals surface area contributed by atoms with Gasteiger partial charge in [0.05, 0.1) is 0 Å². The van der Waals surface area contributed by atoms with Crippen molar-refractivity contribution in [2.24, 2.45) is 11.8 Å². The maximum atomic E-state index is 3.79. The normalized spacial score (nSPS) is 30.9. The number of hydrogen-bond acceptors (Lipinski definition) is 1. The van der Waals surface area contributed by atoms with Crippen LogP contribution in [0.3, 0.4) is 0 Å². The first-order chi connectivity index (χ1) is 8.78. The van der Waals surface area contributed by atoms with E-state index >= 15 is 0 Å². The van der Waals surface area contributed by atoms with Crippen LogP contribution in [0.1, 0.15) is 43.9 Å². The highest BCUT2D eigenvalue weighted by Gasteiger charge is 2.41. The zero-order chi connectivity index (χ0) is 12.5. The number of benzene rings is 1. The van der Waals surface area contributed by atoms with Gasteiger partial charge in [0.1, 0.15) is 0 Å². The van der Waals surface area contributed by atoms with Crippen molar-refractivity contribution in [3.05, 3.63) is 47.5 Å². The predicted molar refractivity (Wildman–Crippen MR) is 76.5 cm³/mol. The number of nitrogens with one attached hydrogen (secondary N) is 1. The van der Waals surface area contributed by atoms with Crippen molar-refractivity contribution in [1.82, 2.24) is 5.32 Å². The van der Waals surface area contributed by atoms with E-state index in [0.717, 1.165) is 18.3 Å². The second-order valence-electron chi connectivity index (χ2n) is 5.83. The Kier molecular flexibility index (Phi) is 3.25. The molecule has 0 heterocycles. The van der Waals surface area contributed by atoms with Crippen LogP contribution in [-0.4, -0.2) is 6.04 Å². The van der Waals surface area contributed by atoms with Crippen LogP contribution < -0.4 is 5.32 Å². The summed E-state index contributed by atoms with van der Waals surface area (Å²) in [5, 5.41) is 3.79. The summed E-state index contributed by atoms with van der Waals surface area (Å²) in [4.78, 5) is 0. The van der Waals surface area contributed by atoms with Gasteiger partial charge in [-0.3, -0.25) is 0 Å². The van der Waals surface area contributed by atoms with Gasteiger partial charge in [-0.25, -0.2) is 0 Å². The van der Waals surface area contributed by atoms with E-state index in [0.29, 0.717) is 12.1 Å². The molecule has 0 radical (unpaired) electrons. The maximum absolute atomic E-state index is 3.79. The Balaban J connectivity index is 1.60. The molecule has 3 rings (SSSR count). The molecule has 1 aromatic carbocycles. The molecule has 18 heavy (non-hydrogen) atoms. The van der Waals surface area contributed by atoms with Gasteiger partial charge >= 0.3 is 0 Å². The molecule has 1 fully saturated rings. The quantitative estimate of drug-likeness (QED) is 0.789. The summed E-state index contributed by atoms with van der Waals surface area (Å²) in [5.41, 5.74) is 2.84. The maximum Gasteiger partial charge on any atom is 0.0294 e. The fourth-order valence-corrected chi connectivity index (χ4v) is 3.37. The zero-order valence-corrected chi connectivity index (χ0v) is 11.4. The number of aryl methyl sites for hydroxylation is 1. The molecule has 0 spiro atoms. The third-order valence-corrected chi connectivity index (χ3v) is 4.71. The molecule has 4 unspecified atom stereocenters. The minimum Gasteiger partial charge on any atom is -0.307 e. The summed E-state index contributed by atoms with van der Waals surface area (Å²) < 4.78 is 0. The number of fused-ring (bicyclic) bond motifs is 1. The van der Waals surface area contributed by atoms with Crippen molar-refractivity contribution in [2.45, 2.75) is 45.2 Å². The van der Waals surface area contributed by atoms with Gasteiger partial charge in [0.25, 0.3) is 0 Å².